The largest absolute Gasteiger partial charge is 0.444 e. The van der Waals surface area contributed by atoms with E-state index in [2.05, 4.69) is 10.3 Å². The molecule has 6 heteroatoms. The Kier molecular flexibility index (Phi) is 4.32. The topological polar surface area (TPSA) is 80.0 Å². The van der Waals surface area contributed by atoms with Crippen molar-refractivity contribution in [2.24, 2.45) is 10.7 Å². The van der Waals surface area contributed by atoms with E-state index in [0.29, 0.717) is 19.1 Å². The fourth-order valence-electron chi connectivity index (χ4n) is 2.14. The molecule has 6 nitrogen and oxygen atoms in total. The van der Waals surface area contributed by atoms with Gasteiger partial charge in [0.05, 0.1) is 12.6 Å². The molecule has 2 aliphatic heterocycles. The maximum atomic E-state index is 12.1. The highest BCUT2D eigenvalue weighted by molar-refractivity contribution is 6.02. The molecule has 0 atom stereocenters. The molecule has 0 bridgehead atoms. The van der Waals surface area contributed by atoms with Crippen molar-refractivity contribution in [1.82, 2.24) is 10.2 Å². The molecule has 0 aliphatic carbocycles. The third-order valence-electron chi connectivity index (χ3n) is 3.30. The molecule has 0 aromatic rings. The molecule has 3 N–H and O–H groups in total. The third kappa shape index (κ3) is 3.72. The van der Waals surface area contributed by atoms with Crippen LogP contribution >= 0.6 is 0 Å². The maximum Gasteiger partial charge on any atom is 0.410 e. The molecular weight excluding hydrogens is 256 g/mol. The number of likely N-dealkylation sites (tertiary alicyclic amines) is 1. The van der Waals surface area contributed by atoms with Crippen LogP contribution in [0.3, 0.4) is 0 Å². The van der Waals surface area contributed by atoms with E-state index in [9.17, 15) is 4.79 Å². The molecule has 0 aromatic carbocycles. The molecular formula is C14H24N4O2. The Balaban J connectivity index is 1.98. The highest BCUT2D eigenvalue weighted by Crippen LogP contribution is 2.18. The van der Waals surface area contributed by atoms with Crippen LogP contribution in [-0.2, 0) is 4.74 Å². The van der Waals surface area contributed by atoms with Gasteiger partial charge in [-0.05, 0) is 20.8 Å². The summed E-state index contributed by atoms with van der Waals surface area (Å²) < 4.78 is 5.39. The average molecular weight is 280 g/mol. The Morgan fingerprint density at radius 3 is 2.70 bits per heavy atom. The van der Waals surface area contributed by atoms with Crippen LogP contribution in [-0.4, -0.2) is 54.5 Å². The number of aliphatic imine (C=N–C) groups is 1. The molecule has 0 radical (unpaired) electrons. The molecule has 0 unspecified atom stereocenters. The predicted octanol–water partition coefficient (Wildman–Crippen LogP) is 0.883. The van der Waals surface area contributed by atoms with Crippen molar-refractivity contribution in [1.29, 1.82) is 0 Å². The standard InChI is InChI=1S/C14H24N4O2/c1-14(2,3)20-13(19)18-5-4-12(10(6-15)9-18)17-11-7-16-8-11/h6,11,16H,4-5,7-9,15H2,1-3H3. The lowest BCUT2D eigenvalue weighted by Crippen LogP contribution is -2.47. The second-order valence-corrected chi connectivity index (χ2v) is 6.23. The van der Waals surface area contributed by atoms with Crippen molar-refractivity contribution in [2.45, 2.75) is 38.8 Å². The summed E-state index contributed by atoms with van der Waals surface area (Å²) in [7, 11) is 0. The molecule has 1 amide bonds. The van der Waals surface area contributed by atoms with Gasteiger partial charge in [0.1, 0.15) is 5.60 Å². The number of hydrogen-bond acceptors (Lipinski definition) is 5. The van der Waals surface area contributed by atoms with Gasteiger partial charge in [-0.1, -0.05) is 0 Å². The molecule has 2 rings (SSSR count). The molecule has 2 fully saturated rings. The van der Waals surface area contributed by atoms with Gasteiger partial charge in [0, 0.05) is 43.5 Å². The predicted molar refractivity (Wildman–Crippen MR) is 78.8 cm³/mol. The zero-order valence-corrected chi connectivity index (χ0v) is 12.5. The number of hydrogen-bond donors (Lipinski definition) is 2. The number of nitrogens with one attached hydrogen (secondary N) is 1. The lowest BCUT2D eigenvalue weighted by molar-refractivity contribution is 0.0267. The van der Waals surface area contributed by atoms with Gasteiger partial charge in [0.25, 0.3) is 0 Å². The number of ether oxygens (including phenoxy) is 1. The Labute approximate surface area is 120 Å². The van der Waals surface area contributed by atoms with Gasteiger partial charge in [-0.2, -0.15) is 0 Å². The summed E-state index contributed by atoms with van der Waals surface area (Å²) in [5.41, 5.74) is 7.16. The van der Waals surface area contributed by atoms with Crippen LogP contribution in [0.4, 0.5) is 4.79 Å². The van der Waals surface area contributed by atoms with Crippen LogP contribution in [0.1, 0.15) is 27.2 Å². The van der Waals surface area contributed by atoms with Crippen LogP contribution in [0.2, 0.25) is 0 Å². The molecule has 0 spiro atoms. The minimum atomic E-state index is -0.477. The lowest BCUT2D eigenvalue weighted by Gasteiger charge is -2.33. The first-order chi connectivity index (χ1) is 9.39. The van der Waals surface area contributed by atoms with Gasteiger partial charge in [-0.15, -0.1) is 0 Å². The van der Waals surface area contributed by atoms with Crippen LogP contribution in [0.25, 0.3) is 0 Å². The zero-order chi connectivity index (χ0) is 14.8. The minimum Gasteiger partial charge on any atom is -0.444 e. The Morgan fingerprint density at radius 1 is 1.50 bits per heavy atom. The van der Waals surface area contributed by atoms with Crippen LogP contribution < -0.4 is 11.1 Å². The van der Waals surface area contributed by atoms with E-state index >= 15 is 0 Å². The monoisotopic (exact) mass is 280 g/mol. The van der Waals surface area contributed by atoms with E-state index in [1.54, 1.807) is 11.1 Å². The summed E-state index contributed by atoms with van der Waals surface area (Å²) in [5, 5.41) is 3.19. The number of piperidine rings is 1. The second-order valence-electron chi connectivity index (χ2n) is 6.23. The molecule has 0 aromatic heterocycles. The summed E-state index contributed by atoms with van der Waals surface area (Å²) in [5.74, 6) is 0. The number of carbonyl (C=O) groups excluding carboxylic acids is 1. The van der Waals surface area contributed by atoms with Crippen molar-refractivity contribution in [3.63, 3.8) is 0 Å². The summed E-state index contributed by atoms with van der Waals surface area (Å²) in [4.78, 5) is 18.4. The number of rotatable bonds is 1. The lowest BCUT2D eigenvalue weighted by atomic mass is 10.0. The van der Waals surface area contributed by atoms with Gasteiger partial charge in [0.2, 0.25) is 0 Å². The fourth-order valence-corrected chi connectivity index (χ4v) is 2.14. The van der Waals surface area contributed by atoms with Crippen molar-refractivity contribution in [3.05, 3.63) is 11.8 Å². The Morgan fingerprint density at radius 2 is 2.20 bits per heavy atom. The number of nitrogens with two attached hydrogens (primary N) is 1. The van der Waals surface area contributed by atoms with E-state index in [-0.39, 0.29) is 6.09 Å². The van der Waals surface area contributed by atoms with Gasteiger partial charge < -0.3 is 20.7 Å². The maximum absolute atomic E-state index is 12.1. The van der Waals surface area contributed by atoms with E-state index in [0.717, 1.165) is 30.8 Å². The number of amides is 1. The molecule has 2 heterocycles. The van der Waals surface area contributed by atoms with Gasteiger partial charge in [-0.25, -0.2) is 4.79 Å². The highest BCUT2D eigenvalue weighted by atomic mass is 16.6. The Hall–Kier alpha value is -1.56. The van der Waals surface area contributed by atoms with Crippen molar-refractivity contribution >= 4 is 11.8 Å². The molecule has 2 saturated heterocycles. The SMILES string of the molecule is CC(C)(C)OC(=O)N1CCC(=NC2CNC2)C(=CN)C1. The average Bonchev–Trinajstić information content (AvgIpc) is 2.31. The number of nitrogens with zero attached hydrogens (tertiary/aromatic N) is 2. The summed E-state index contributed by atoms with van der Waals surface area (Å²) in [6.07, 6.45) is 2.00. The Bertz CT molecular complexity index is 433. The van der Waals surface area contributed by atoms with Crippen molar-refractivity contribution in [3.8, 4) is 0 Å². The smallest absolute Gasteiger partial charge is 0.410 e. The van der Waals surface area contributed by atoms with Crippen LogP contribution in [0.15, 0.2) is 16.8 Å². The molecule has 112 valence electrons. The van der Waals surface area contributed by atoms with E-state index in [4.69, 9.17) is 10.5 Å². The quantitative estimate of drug-likeness (QED) is 0.747. The fraction of sp³-hybridized carbons (Fsp3) is 0.714. The first-order valence-corrected chi connectivity index (χ1v) is 7.05. The van der Waals surface area contributed by atoms with E-state index < -0.39 is 5.60 Å². The molecule has 2 aliphatic rings. The van der Waals surface area contributed by atoms with Gasteiger partial charge in [-0.3, -0.25) is 4.99 Å². The molecule has 0 saturated carbocycles. The summed E-state index contributed by atoms with van der Waals surface area (Å²) in [6.45, 7) is 8.56. The van der Waals surface area contributed by atoms with Gasteiger partial charge in [0.15, 0.2) is 0 Å². The van der Waals surface area contributed by atoms with Crippen molar-refractivity contribution < 1.29 is 9.53 Å². The summed E-state index contributed by atoms with van der Waals surface area (Å²) >= 11 is 0. The zero-order valence-electron chi connectivity index (χ0n) is 12.5. The van der Waals surface area contributed by atoms with E-state index in [1.165, 1.54) is 0 Å². The van der Waals surface area contributed by atoms with E-state index in [1.807, 2.05) is 20.8 Å². The first-order valence-electron chi connectivity index (χ1n) is 7.05. The van der Waals surface area contributed by atoms with Crippen LogP contribution in [0.5, 0.6) is 0 Å². The normalized spacial score (nSPS) is 24.9. The van der Waals surface area contributed by atoms with Crippen LogP contribution in [0, 0.1) is 0 Å². The number of carbonyl (C=O) groups is 1. The second kappa shape index (κ2) is 5.83. The minimum absolute atomic E-state index is 0.291. The van der Waals surface area contributed by atoms with Gasteiger partial charge >= 0.3 is 6.09 Å². The van der Waals surface area contributed by atoms with Crippen molar-refractivity contribution in [2.75, 3.05) is 26.2 Å². The summed E-state index contributed by atoms with van der Waals surface area (Å²) in [6, 6.07) is 0.355. The first kappa shape index (κ1) is 14.8. The highest BCUT2D eigenvalue weighted by Gasteiger charge is 2.28. The third-order valence-corrected chi connectivity index (χ3v) is 3.30. The molecule has 20 heavy (non-hydrogen) atoms.